The summed E-state index contributed by atoms with van der Waals surface area (Å²) in [4.78, 5) is 22.7. The van der Waals surface area contributed by atoms with Crippen LogP contribution in [0.3, 0.4) is 0 Å². The molecule has 1 rings (SSSR count). The molecule has 0 saturated heterocycles. The zero-order valence-corrected chi connectivity index (χ0v) is 12.8. The zero-order valence-electron chi connectivity index (χ0n) is 10.6. The highest BCUT2D eigenvalue weighted by atomic mass is 127. The van der Waals surface area contributed by atoms with Gasteiger partial charge in [-0.3, -0.25) is 4.79 Å². The highest BCUT2D eigenvalue weighted by molar-refractivity contribution is 14.1. The van der Waals surface area contributed by atoms with Gasteiger partial charge in [0.25, 0.3) is 0 Å². The number of nitrogens with one attached hydrogen (secondary N) is 2. The minimum atomic E-state index is -1.23. The summed E-state index contributed by atoms with van der Waals surface area (Å²) in [6.45, 7) is 3.52. The average Bonchev–Trinajstić information content (AvgIpc) is 2.29. The van der Waals surface area contributed by atoms with E-state index < -0.39 is 18.0 Å². The number of rotatable bonds is 4. The summed E-state index contributed by atoms with van der Waals surface area (Å²) in [5, 5.41) is 13.5. The number of nitrogen functional groups attached to an aromatic ring is 1. The number of hydrogen-bond acceptors (Lipinski definition) is 3. The Hall–Kier alpha value is -1.51. The van der Waals surface area contributed by atoms with Gasteiger partial charge in [0.05, 0.1) is 11.4 Å². The molecule has 0 aliphatic rings. The first kappa shape index (κ1) is 15.5. The topological polar surface area (TPSA) is 104 Å². The van der Waals surface area contributed by atoms with Crippen molar-refractivity contribution >= 4 is 46.0 Å². The van der Waals surface area contributed by atoms with E-state index in [2.05, 4.69) is 33.2 Å². The first-order chi connectivity index (χ1) is 8.81. The highest BCUT2D eigenvalue weighted by Gasteiger charge is 2.24. The SMILES string of the molecule is CC(C)[C@H](NC(=O)O)C(=O)Nc1ccc(I)cc1N. The molecule has 0 fully saturated rings. The van der Waals surface area contributed by atoms with Crippen molar-refractivity contribution in [2.75, 3.05) is 11.1 Å². The number of nitrogens with two attached hydrogens (primary N) is 1. The van der Waals surface area contributed by atoms with Gasteiger partial charge in [-0.05, 0) is 46.7 Å². The van der Waals surface area contributed by atoms with Crippen LogP contribution in [0.2, 0.25) is 0 Å². The largest absolute Gasteiger partial charge is 0.465 e. The van der Waals surface area contributed by atoms with Crippen LogP contribution < -0.4 is 16.4 Å². The van der Waals surface area contributed by atoms with Crippen LogP contribution in [0, 0.1) is 9.49 Å². The second kappa shape index (κ2) is 6.60. The predicted molar refractivity (Wildman–Crippen MR) is 82.0 cm³/mol. The smallest absolute Gasteiger partial charge is 0.405 e. The van der Waals surface area contributed by atoms with E-state index in [1.54, 1.807) is 26.0 Å². The Labute approximate surface area is 124 Å². The van der Waals surface area contributed by atoms with Crippen LogP contribution in [0.15, 0.2) is 18.2 Å². The zero-order chi connectivity index (χ0) is 14.6. The van der Waals surface area contributed by atoms with E-state index in [4.69, 9.17) is 10.8 Å². The lowest BCUT2D eigenvalue weighted by Crippen LogP contribution is -2.46. The van der Waals surface area contributed by atoms with Crippen LogP contribution in [-0.2, 0) is 4.79 Å². The van der Waals surface area contributed by atoms with Gasteiger partial charge in [-0.15, -0.1) is 0 Å². The second-order valence-corrected chi connectivity index (χ2v) is 5.64. The van der Waals surface area contributed by atoms with Crippen LogP contribution in [0.4, 0.5) is 16.2 Å². The summed E-state index contributed by atoms with van der Waals surface area (Å²) >= 11 is 2.11. The van der Waals surface area contributed by atoms with Crippen molar-refractivity contribution in [3.05, 3.63) is 21.8 Å². The summed E-state index contributed by atoms with van der Waals surface area (Å²) in [6.07, 6.45) is -1.23. The van der Waals surface area contributed by atoms with Crippen molar-refractivity contribution in [1.82, 2.24) is 5.32 Å². The molecule has 0 spiro atoms. The Bertz CT molecular complexity index is 491. The van der Waals surface area contributed by atoms with E-state index in [1.807, 2.05) is 6.07 Å². The van der Waals surface area contributed by atoms with E-state index in [0.717, 1.165) is 3.57 Å². The van der Waals surface area contributed by atoms with Crippen molar-refractivity contribution in [1.29, 1.82) is 0 Å². The van der Waals surface area contributed by atoms with Crippen LogP contribution in [0.5, 0.6) is 0 Å². The van der Waals surface area contributed by atoms with E-state index in [1.165, 1.54) is 0 Å². The van der Waals surface area contributed by atoms with Crippen LogP contribution in [0.25, 0.3) is 0 Å². The molecule has 5 N–H and O–H groups in total. The molecule has 0 unspecified atom stereocenters. The normalized spacial score (nSPS) is 12.0. The quantitative estimate of drug-likeness (QED) is 0.477. The number of carbonyl (C=O) groups is 2. The third kappa shape index (κ3) is 4.58. The summed E-state index contributed by atoms with van der Waals surface area (Å²) in [7, 11) is 0. The van der Waals surface area contributed by atoms with Gasteiger partial charge in [0.1, 0.15) is 6.04 Å². The maximum Gasteiger partial charge on any atom is 0.405 e. The molecule has 104 valence electrons. The number of halogens is 1. The van der Waals surface area contributed by atoms with Crippen molar-refractivity contribution in [2.24, 2.45) is 5.92 Å². The fraction of sp³-hybridized carbons (Fsp3) is 0.333. The first-order valence-electron chi connectivity index (χ1n) is 5.66. The maximum absolute atomic E-state index is 12.0. The Balaban J connectivity index is 2.84. The van der Waals surface area contributed by atoms with Crippen molar-refractivity contribution in [3.8, 4) is 0 Å². The molecule has 6 nitrogen and oxygen atoms in total. The molecule has 0 aliphatic carbocycles. The molecular formula is C12H16IN3O3. The van der Waals surface area contributed by atoms with Crippen LogP contribution in [0.1, 0.15) is 13.8 Å². The van der Waals surface area contributed by atoms with E-state index in [-0.39, 0.29) is 5.92 Å². The molecule has 0 aromatic heterocycles. The van der Waals surface area contributed by atoms with Gasteiger partial charge in [0.15, 0.2) is 0 Å². The molecule has 1 aromatic rings. The number of anilines is 2. The van der Waals surface area contributed by atoms with Gasteiger partial charge in [-0.25, -0.2) is 4.79 Å². The molecule has 19 heavy (non-hydrogen) atoms. The minimum Gasteiger partial charge on any atom is -0.465 e. The monoisotopic (exact) mass is 377 g/mol. The third-order valence-electron chi connectivity index (χ3n) is 2.50. The lowest BCUT2D eigenvalue weighted by Gasteiger charge is -2.20. The molecule has 1 atom stereocenters. The third-order valence-corrected chi connectivity index (χ3v) is 3.17. The standard InChI is InChI=1S/C12H16IN3O3/c1-6(2)10(16-12(18)19)11(17)15-9-4-3-7(13)5-8(9)14/h3-6,10,16H,14H2,1-2H3,(H,15,17)(H,18,19)/t10-/m0/s1. The highest BCUT2D eigenvalue weighted by Crippen LogP contribution is 2.21. The van der Waals surface area contributed by atoms with Crippen LogP contribution in [-0.4, -0.2) is 23.1 Å². The summed E-state index contributed by atoms with van der Waals surface area (Å²) in [5.74, 6) is -0.591. The number of amides is 2. The number of hydrogen-bond donors (Lipinski definition) is 4. The molecule has 0 heterocycles. The van der Waals surface area contributed by atoms with Gasteiger partial charge in [-0.1, -0.05) is 13.8 Å². The van der Waals surface area contributed by atoms with Gasteiger partial charge in [0.2, 0.25) is 5.91 Å². The fourth-order valence-corrected chi connectivity index (χ4v) is 2.04. The molecule has 0 aliphatic heterocycles. The molecule has 0 bridgehead atoms. The van der Waals surface area contributed by atoms with E-state index in [9.17, 15) is 9.59 Å². The number of carbonyl (C=O) groups excluding carboxylic acids is 1. The average molecular weight is 377 g/mol. The van der Waals surface area contributed by atoms with Crippen LogP contribution >= 0.6 is 22.6 Å². The molecule has 0 radical (unpaired) electrons. The predicted octanol–water partition coefficient (Wildman–Crippen LogP) is 2.10. The molecular weight excluding hydrogens is 361 g/mol. The summed E-state index contributed by atoms with van der Waals surface area (Å²) in [6, 6.07) is 4.40. The van der Waals surface area contributed by atoms with Gasteiger partial charge in [-0.2, -0.15) is 0 Å². The van der Waals surface area contributed by atoms with Crippen molar-refractivity contribution in [3.63, 3.8) is 0 Å². The molecule has 7 heteroatoms. The lowest BCUT2D eigenvalue weighted by atomic mass is 10.0. The van der Waals surface area contributed by atoms with Crippen molar-refractivity contribution in [2.45, 2.75) is 19.9 Å². The maximum atomic E-state index is 12.0. The number of carboxylic acid groups (broad SMARTS) is 1. The minimum absolute atomic E-state index is 0.166. The lowest BCUT2D eigenvalue weighted by molar-refractivity contribution is -0.118. The summed E-state index contributed by atoms with van der Waals surface area (Å²) < 4.78 is 0.956. The van der Waals surface area contributed by atoms with E-state index in [0.29, 0.717) is 11.4 Å². The van der Waals surface area contributed by atoms with E-state index >= 15 is 0 Å². The molecule has 2 amide bonds. The Morgan fingerprint density at radius 2 is 2.00 bits per heavy atom. The molecule has 0 saturated carbocycles. The van der Waals surface area contributed by atoms with Gasteiger partial charge in [0, 0.05) is 3.57 Å². The summed E-state index contributed by atoms with van der Waals surface area (Å²) in [5.41, 5.74) is 6.71. The Kier molecular flexibility index (Phi) is 5.40. The van der Waals surface area contributed by atoms with Crippen molar-refractivity contribution < 1.29 is 14.7 Å². The number of benzene rings is 1. The Morgan fingerprint density at radius 1 is 1.37 bits per heavy atom. The fourth-order valence-electron chi connectivity index (χ4n) is 1.53. The Morgan fingerprint density at radius 3 is 2.47 bits per heavy atom. The van der Waals surface area contributed by atoms with Gasteiger partial charge >= 0.3 is 6.09 Å². The second-order valence-electron chi connectivity index (χ2n) is 4.39. The first-order valence-corrected chi connectivity index (χ1v) is 6.74. The molecule has 1 aromatic carbocycles. The van der Waals surface area contributed by atoms with Gasteiger partial charge < -0.3 is 21.5 Å².